The fourth-order valence-electron chi connectivity index (χ4n) is 1.93. The van der Waals surface area contributed by atoms with Gasteiger partial charge in [-0.05, 0) is 25.8 Å². The first kappa shape index (κ1) is 12.8. The van der Waals surface area contributed by atoms with E-state index in [0.717, 1.165) is 25.1 Å². The van der Waals surface area contributed by atoms with Crippen molar-refractivity contribution in [2.24, 2.45) is 0 Å². The molecule has 0 spiro atoms. The lowest BCUT2D eigenvalue weighted by atomic mass is 9.92. The van der Waals surface area contributed by atoms with Crippen molar-refractivity contribution in [3.63, 3.8) is 0 Å². The van der Waals surface area contributed by atoms with E-state index >= 15 is 0 Å². The smallest absolute Gasteiger partial charge is 0.339 e. The van der Waals surface area contributed by atoms with Crippen molar-refractivity contribution in [1.82, 2.24) is 4.98 Å². The number of aromatic carboxylic acids is 1. The molecule has 1 fully saturated rings. The standard InChI is InChI=1S/C12H15FN2O3/c1-12(2-4-18-5-3-12)15-10-9(11(16)17)6-8(13)7-14-10/h6-7H,2-5H2,1H3,(H,14,15)(H,16,17). The molecule has 5 nitrogen and oxygen atoms in total. The average molecular weight is 254 g/mol. The molecule has 0 aromatic carbocycles. The van der Waals surface area contributed by atoms with Crippen molar-refractivity contribution in [2.45, 2.75) is 25.3 Å². The van der Waals surface area contributed by atoms with Crippen LogP contribution in [-0.2, 0) is 4.74 Å². The van der Waals surface area contributed by atoms with Gasteiger partial charge in [0.1, 0.15) is 17.2 Å². The number of halogens is 1. The van der Waals surface area contributed by atoms with E-state index in [9.17, 15) is 9.18 Å². The Bertz CT molecular complexity index is 459. The Balaban J connectivity index is 2.25. The van der Waals surface area contributed by atoms with E-state index in [1.807, 2.05) is 6.92 Å². The molecule has 0 aliphatic carbocycles. The summed E-state index contributed by atoms with van der Waals surface area (Å²) in [5, 5.41) is 12.1. The molecule has 1 aliphatic rings. The van der Waals surface area contributed by atoms with Crippen LogP contribution in [-0.4, -0.2) is 34.8 Å². The summed E-state index contributed by atoms with van der Waals surface area (Å²) >= 11 is 0. The largest absolute Gasteiger partial charge is 0.478 e. The van der Waals surface area contributed by atoms with Gasteiger partial charge in [0, 0.05) is 18.8 Å². The van der Waals surface area contributed by atoms with Gasteiger partial charge in [-0.1, -0.05) is 0 Å². The maximum Gasteiger partial charge on any atom is 0.339 e. The summed E-state index contributed by atoms with van der Waals surface area (Å²) < 4.78 is 18.3. The maximum atomic E-state index is 13.0. The normalized spacial score (nSPS) is 18.3. The van der Waals surface area contributed by atoms with Gasteiger partial charge >= 0.3 is 5.97 Å². The van der Waals surface area contributed by atoms with Crippen LogP contribution in [0.15, 0.2) is 12.3 Å². The predicted molar refractivity (Wildman–Crippen MR) is 63.2 cm³/mol. The molecule has 2 rings (SSSR count). The molecule has 18 heavy (non-hydrogen) atoms. The average Bonchev–Trinajstić information content (AvgIpc) is 2.32. The molecule has 1 aromatic rings. The second-order valence-electron chi connectivity index (χ2n) is 4.65. The topological polar surface area (TPSA) is 71.5 Å². The molecule has 2 heterocycles. The summed E-state index contributed by atoms with van der Waals surface area (Å²) in [6.45, 7) is 3.21. The van der Waals surface area contributed by atoms with E-state index in [-0.39, 0.29) is 16.9 Å². The summed E-state index contributed by atoms with van der Waals surface area (Å²) in [4.78, 5) is 14.9. The molecule has 1 aromatic heterocycles. The van der Waals surface area contributed by atoms with Gasteiger partial charge in [-0.15, -0.1) is 0 Å². The van der Waals surface area contributed by atoms with Crippen LogP contribution >= 0.6 is 0 Å². The summed E-state index contributed by atoms with van der Waals surface area (Å²) in [5.74, 6) is -1.65. The third kappa shape index (κ3) is 2.76. The van der Waals surface area contributed by atoms with Crippen LogP contribution in [0.3, 0.4) is 0 Å². The Morgan fingerprint density at radius 2 is 2.22 bits per heavy atom. The van der Waals surface area contributed by atoms with Gasteiger partial charge in [0.15, 0.2) is 0 Å². The number of carboxylic acids is 1. The zero-order valence-electron chi connectivity index (χ0n) is 10.1. The molecular formula is C12H15FN2O3. The van der Waals surface area contributed by atoms with Crippen molar-refractivity contribution in [3.05, 3.63) is 23.6 Å². The van der Waals surface area contributed by atoms with Crippen LogP contribution in [0.4, 0.5) is 10.2 Å². The molecule has 0 atom stereocenters. The van der Waals surface area contributed by atoms with Crippen LogP contribution in [0, 0.1) is 5.82 Å². The Hall–Kier alpha value is -1.69. The molecule has 1 saturated heterocycles. The first-order valence-corrected chi connectivity index (χ1v) is 5.75. The van der Waals surface area contributed by atoms with Crippen LogP contribution < -0.4 is 5.32 Å². The molecule has 1 aliphatic heterocycles. The van der Waals surface area contributed by atoms with Gasteiger partial charge in [0.25, 0.3) is 0 Å². The van der Waals surface area contributed by atoms with E-state index in [1.54, 1.807) is 0 Å². The third-order valence-corrected chi connectivity index (χ3v) is 3.10. The molecule has 0 bridgehead atoms. The highest BCUT2D eigenvalue weighted by atomic mass is 19.1. The number of aromatic nitrogens is 1. The van der Waals surface area contributed by atoms with Gasteiger partial charge in [0.05, 0.1) is 6.20 Å². The van der Waals surface area contributed by atoms with Crippen molar-refractivity contribution in [3.8, 4) is 0 Å². The summed E-state index contributed by atoms with van der Waals surface area (Å²) in [6.07, 6.45) is 2.52. The Labute approximate surface area is 104 Å². The lowest BCUT2D eigenvalue weighted by Gasteiger charge is -2.35. The van der Waals surface area contributed by atoms with Crippen LogP contribution in [0.25, 0.3) is 0 Å². The highest BCUT2D eigenvalue weighted by Gasteiger charge is 2.29. The molecule has 2 N–H and O–H groups in total. The van der Waals surface area contributed by atoms with Crippen LogP contribution in [0.5, 0.6) is 0 Å². The number of hydrogen-bond acceptors (Lipinski definition) is 4. The number of rotatable bonds is 3. The maximum absolute atomic E-state index is 13.0. The number of nitrogens with zero attached hydrogens (tertiary/aromatic N) is 1. The second kappa shape index (κ2) is 4.89. The van der Waals surface area contributed by atoms with Crippen molar-refractivity contribution >= 4 is 11.8 Å². The molecular weight excluding hydrogens is 239 g/mol. The Morgan fingerprint density at radius 1 is 1.56 bits per heavy atom. The Morgan fingerprint density at radius 3 is 2.83 bits per heavy atom. The Kier molecular flexibility index (Phi) is 3.47. The molecule has 0 saturated carbocycles. The lowest BCUT2D eigenvalue weighted by Crippen LogP contribution is -2.41. The van der Waals surface area contributed by atoms with E-state index in [0.29, 0.717) is 13.2 Å². The van der Waals surface area contributed by atoms with E-state index in [2.05, 4.69) is 10.3 Å². The molecule has 0 unspecified atom stereocenters. The SMILES string of the molecule is CC1(Nc2ncc(F)cc2C(=O)O)CCOCC1. The number of ether oxygens (including phenoxy) is 1. The van der Waals surface area contributed by atoms with Gasteiger partial charge in [-0.25, -0.2) is 14.2 Å². The van der Waals surface area contributed by atoms with Gasteiger partial charge in [0.2, 0.25) is 0 Å². The number of pyridine rings is 1. The first-order valence-electron chi connectivity index (χ1n) is 5.75. The quantitative estimate of drug-likeness (QED) is 0.862. The van der Waals surface area contributed by atoms with Gasteiger partial charge < -0.3 is 15.2 Å². The van der Waals surface area contributed by atoms with E-state index in [1.165, 1.54) is 0 Å². The summed E-state index contributed by atoms with van der Waals surface area (Å²) in [7, 11) is 0. The number of nitrogens with one attached hydrogen (secondary N) is 1. The van der Waals surface area contributed by atoms with Gasteiger partial charge in [-0.2, -0.15) is 0 Å². The summed E-state index contributed by atoms with van der Waals surface area (Å²) in [6, 6.07) is 0.973. The minimum absolute atomic E-state index is 0.150. The van der Waals surface area contributed by atoms with E-state index < -0.39 is 11.8 Å². The first-order chi connectivity index (χ1) is 8.50. The van der Waals surface area contributed by atoms with Crippen LogP contribution in [0.1, 0.15) is 30.1 Å². The molecule has 0 amide bonds. The molecule has 6 heteroatoms. The zero-order valence-corrected chi connectivity index (χ0v) is 10.1. The zero-order chi connectivity index (χ0) is 13.2. The highest BCUT2D eigenvalue weighted by molar-refractivity contribution is 5.93. The van der Waals surface area contributed by atoms with Crippen molar-refractivity contribution in [2.75, 3.05) is 18.5 Å². The lowest BCUT2D eigenvalue weighted by molar-refractivity contribution is 0.0654. The third-order valence-electron chi connectivity index (χ3n) is 3.10. The monoisotopic (exact) mass is 254 g/mol. The van der Waals surface area contributed by atoms with Crippen molar-refractivity contribution < 1.29 is 19.0 Å². The molecule has 98 valence electrons. The number of anilines is 1. The molecule has 0 radical (unpaired) electrons. The van der Waals surface area contributed by atoms with Crippen LogP contribution in [0.2, 0.25) is 0 Å². The number of carbonyl (C=O) groups is 1. The van der Waals surface area contributed by atoms with Gasteiger partial charge in [-0.3, -0.25) is 0 Å². The summed E-state index contributed by atoms with van der Waals surface area (Å²) in [5.41, 5.74) is -0.421. The second-order valence-corrected chi connectivity index (χ2v) is 4.65. The van der Waals surface area contributed by atoms with Crippen molar-refractivity contribution in [1.29, 1.82) is 0 Å². The highest BCUT2D eigenvalue weighted by Crippen LogP contribution is 2.26. The minimum atomic E-state index is -1.19. The van der Waals surface area contributed by atoms with E-state index in [4.69, 9.17) is 9.84 Å². The fourth-order valence-corrected chi connectivity index (χ4v) is 1.93. The number of hydrogen-bond donors (Lipinski definition) is 2. The minimum Gasteiger partial charge on any atom is -0.478 e. The predicted octanol–water partition coefficient (Wildman–Crippen LogP) is 1.90. The fraction of sp³-hybridized carbons (Fsp3) is 0.500. The number of carboxylic acid groups (broad SMARTS) is 1.